The standard InChI is InChI=1S/C12H23NO/c1-5-12(4)8-11(6-7-14-12)13-9-10(2)3/h11,13H,2,5-9H2,1,3-4H3. The molecule has 0 bridgehead atoms. The zero-order valence-electron chi connectivity index (χ0n) is 9.73. The van der Waals surface area contributed by atoms with Crippen LogP contribution in [-0.2, 0) is 4.74 Å². The molecule has 0 aliphatic carbocycles. The first-order valence-electron chi connectivity index (χ1n) is 5.57. The molecule has 82 valence electrons. The van der Waals surface area contributed by atoms with Gasteiger partial charge in [0.1, 0.15) is 0 Å². The van der Waals surface area contributed by atoms with E-state index in [2.05, 4.69) is 32.7 Å². The lowest BCUT2D eigenvalue weighted by atomic mass is 9.90. The summed E-state index contributed by atoms with van der Waals surface area (Å²) in [6.07, 6.45) is 3.35. The molecule has 1 aliphatic rings. The summed E-state index contributed by atoms with van der Waals surface area (Å²) in [5.41, 5.74) is 1.29. The average molecular weight is 197 g/mol. The number of hydrogen-bond acceptors (Lipinski definition) is 2. The quantitative estimate of drug-likeness (QED) is 0.699. The maximum atomic E-state index is 5.79. The van der Waals surface area contributed by atoms with Gasteiger partial charge in [-0.05, 0) is 33.1 Å². The number of hydrogen-bond donors (Lipinski definition) is 1. The minimum atomic E-state index is 0.0883. The molecule has 2 nitrogen and oxygen atoms in total. The fourth-order valence-corrected chi connectivity index (χ4v) is 1.87. The van der Waals surface area contributed by atoms with Gasteiger partial charge >= 0.3 is 0 Å². The SMILES string of the molecule is C=C(C)CNC1CCOC(C)(CC)C1. The Morgan fingerprint density at radius 1 is 1.64 bits per heavy atom. The zero-order chi connectivity index (χ0) is 10.6. The molecule has 0 amide bonds. The molecule has 0 spiro atoms. The van der Waals surface area contributed by atoms with E-state index in [9.17, 15) is 0 Å². The van der Waals surface area contributed by atoms with Crippen LogP contribution in [0, 0.1) is 0 Å². The van der Waals surface area contributed by atoms with Crippen LogP contribution in [0.5, 0.6) is 0 Å². The third kappa shape index (κ3) is 3.43. The highest BCUT2D eigenvalue weighted by Gasteiger charge is 2.31. The Hall–Kier alpha value is -0.340. The second-order valence-corrected chi connectivity index (χ2v) is 4.68. The van der Waals surface area contributed by atoms with Crippen molar-refractivity contribution >= 4 is 0 Å². The first kappa shape index (κ1) is 11.7. The van der Waals surface area contributed by atoms with E-state index in [0.717, 1.165) is 32.4 Å². The molecule has 0 aromatic carbocycles. The normalized spacial score (nSPS) is 32.9. The first-order valence-corrected chi connectivity index (χ1v) is 5.57. The molecule has 1 fully saturated rings. The fourth-order valence-electron chi connectivity index (χ4n) is 1.87. The summed E-state index contributed by atoms with van der Waals surface area (Å²) in [4.78, 5) is 0. The van der Waals surface area contributed by atoms with E-state index < -0.39 is 0 Å². The van der Waals surface area contributed by atoms with Crippen molar-refractivity contribution in [2.75, 3.05) is 13.2 Å². The third-order valence-corrected chi connectivity index (χ3v) is 3.04. The van der Waals surface area contributed by atoms with Crippen molar-refractivity contribution in [3.63, 3.8) is 0 Å². The molecular formula is C12H23NO. The molecule has 14 heavy (non-hydrogen) atoms. The van der Waals surface area contributed by atoms with Crippen LogP contribution in [0.15, 0.2) is 12.2 Å². The Kier molecular flexibility index (Phi) is 4.14. The lowest BCUT2D eigenvalue weighted by molar-refractivity contribution is -0.0775. The van der Waals surface area contributed by atoms with Gasteiger partial charge in [0.15, 0.2) is 0 Å². The van der Waals surface area contributed by atoms with Gasteiger partial charge in [0.25, 0.3) is 0 Å². The van der Waals surface area contributed by atoms with Crippen LogP contribution >= 0.6 is 0 Å². The van der Waals surface area contributed by atoms with Gasteiger partial charge in [0, 0.05) is 19.2 Å². The van der Waals surface area contributed by atoms with Crippen LogP contribution in [0.2, 0.25) is 0 Å². The Morgan fingerprint density at radius 3 is 2.93 bits per heavy atom. The third-order valence-electron chi connectivity index (χ3n) is 3.04. The highest BCUT2D eigenvalue weighted by atomic mass is 16.5. The van der Waals surface area contributed by atoms with Gasteiger partial charge in [-0.15, -0.1) is 0 Å². The predicted octanol–water partition coefficient (Wildman–Crippen LogP) is 2.50. The van der Waals surface area contributed by atoms with Gasteiger partial charge in [0.2, 0.25) is 0 Å². The number of nitrogens with one attached hydrogen (secondary N) is 1. The topological polar surface area (TPSA) is 21.3 Å². The van der Waals surface area contributed by atoms with Crippen molar-refractivity contribution in [3.05, 3.63) is 12.2 Å². The predicted molar refractivity (Wildman–Crippen MR) is 60.5 cm³/mol. The monoisotopic (exact) mass is 197 g/mol. The molecule has 1 heterocycles. The van der Waals surface area contributed by atoms with E-state index in [4.69, 9.17) is 4.74 Å². The minimum Gasteiger partial charge on any atom is -0.375 e. The Labute approximate surface area is 87.7 Å². The lowest BCUT2D eigenvalue weighted by Crippen LogP contribution is -2.45. The van der Waals surface area contributed by atoms with Gasteiger partial charge in [-0.3, -0.25) is 0 Å². The van der Waals surface area contributed by atoms with E-state index in [1.165, 1.54) is 5.57 Å². The molecule has 0 saturated carbocycles. The van der Waals surface area contributed by atoms with Crippen LogP contribution in [0.3, 0.4) is 0 Å². The largest absolute Gasteiger partial charge is 0.375 e. The maximum Gasteiger partial charge on any atom is 0.0666 e. The lowest BCUT2D eigenvalue weighted by Gasteiger charge is -2.38. The van der Waals surface area contributed by atoms with Gasteiger partial charge < -0.3 is 10.1 Å². The smallest absolute Gasteiger partial charge is 0.0666 e. The Morgan fingerprint density at radius 2 is 2.36 bits per heavy atom. The first-order chi connectivity index (χ1) is 6.56. The second kappa shape index (κ2) is 4.94. The van der Waals surface area contributed by atoms with Gasteiger partial charge in [-0.2, -0.15) is 0 Å². The van der Waals surface area contributed by atoms with Gasteiger partial charge in [-0.1, -0.05) is 19.1 Å². The van der Waals surface area contributed by atoms with Crippen molar-refractivity contribution in [3.8, 4) is 0 Å². The van der Waals surface area contributed by atoms with E-state index in [1.807, 2.05) is 0 Å². The Balaban J connectivity index is 2.36. The summed E-state index contributed by atoms with van der Waals surface area (Å²) >= 11 is 0. The molecule has 2 atom stereocenters. The van der Waals surface area contributed by atoms with Crippen molar-refractivity contribution in [1.29, 1.82) is 0 Å². The van der Waals surface area contributed by atoms with Crippen molar-refractivity contribution < 1.29 is 4.74 Å². The highest BCUT2D eigenvalue weighted by molar-refractivity contribution is 4.94. The van der Waals surface area contributed by atoms with Gasteiger partial charge in [-0.25, -0.2) is 0 Å². The summed E-state index contributed by atoms with van der Waals surface area (Å²) in [6, 6.07) is 0.602. The van der Waals surface area contributed by atoms with Crippen LogP contribution in [0.1, 0.15) is 40.0 Å². The van der Waals surface area contributed by atoms with E-state index in [1.54, 1.807) is 0 Å². The van der Waals surface area contributed by atoms with Crippen LogP contribution in [-0.4, -0.2) is 24.8 Å². The molecule has 1 rings (SSSR count). The molecular weight excluding hydrogens is 174 g/mol. The molecule has 1 N–H and O–H groups in total. The van der Waals surface area contributed by atoms with Crippen molar-refractivity contribution in [2.24, 2.45) is 0 Å². The fraction of sp³-hybridized carbons (Fsp3) is 0.833. The van der Waals surface area contributed by atoms with Crippen LogP contribution in [0.25, 0.3) is 0 Å². The van der Waals surface area contributed by atoms with Gasteiger partial charge in [0.05, 0.1) is 5.60 Å². The molecule has 2 heteroatoms. The number of ether oxygens (including phenoxy) is 1. The minimum absolute atomic E-state index is 0.0883. The zero-order valence-corrected chi connectivity index (χ0v) is 9.73. The molecule has 1 aliphatic heterocycles. The maximum absolute atomic E-state index is 5.79. The van der Waals surface area contributed by atoms with Crippen molar-refractivity contribution in [1.82, 2.24) is 5.32 Å². The molecule has 0 aromatic rings. The van der Waals surface area contributed by atoms with Crippen LogP contribution < -0.4 is 5.32 Å². The molecule has 0 radical (unpaired) electrons. The summed E-state index contributed by atoms with van der Waals surface area (Å²) in [5.74, 6) is 0. The molecule has 0 aromatic heterocycles. The van der Waals surface area contributed by atoms with Crippen LogP contribution in [0.4, 0.5) is 0 Å². The molecule has 2 unspecified atom stereocenters. The van der Waals surface area contributed by atoms with Crippen molar-refractivity contribution in [2.45, 2.75) is 51.7 Å². The summed E-state index contributed by atoms with van der Waals surface area (Å²) < 4.78 is 5.79. The van der Waals surface area contributed by atoms with E-state index in [-0.39, 0.29) is 5.60 Å². The highest BCUT2D eigenvalue weighted by Crippen LogP contribution is 2.27. The summed E-state index contributed by atoms with van der Waals surface area (Å²) in [6.45, 7) is 12.2. The van der Waals surface area contributed by atoms with E-state index in [0.29, 0.717) is 6.04 Å². The number of rotatable bonds is 4. The summed E-state index contributed by atoms with van der Waals surface area (Å²) in [7, 11) is 0. The Bertz CT molecular complexity index is 202. The molecule has 1 saturated heterocycles. The average Bonchev–Trinajstić information content (AvgIpc) is 2.15. The summed E-state index contributed by atoms with van der Waals surface area (Å²) in [5, 5.41) is 3.53. The second-order valence-electron chi connectivity index (χ2n) is 4.68. The van der Waals surface area contributed by atoms with E-state index >= 15 is 0 Å².